The monoisotopic (exact) mass is 478 g/mol. The van der Waals surface area contributed by atoms with Crippen LogP contribution < -0.4 is 5.32 Å². The van der Waals surface area contributed by atoms with Gasteiger partial charge in [0.15, 0.2) is 0 Å². The van der Waals surface area contributed by atoms with Gasteiger partial charge in [-0.15, -0.1) is 11.8 Å². The van der Waals surface area contributed by atoms with Crippen molar-refractivity contribution >= 4 is 35.2 Å². The highest BCUT2D eigenvalue weighted by Gasteiger charge is 2.28. The van der Waals surface area contributed by atoms with Crippen LogP contribution in [0.4, 0.5) is 4.39 Å². The van der Waals surface area contributed by atoms with Gasteiger partial charge in [-0.1, -0.05) is 68.3 Å². The molecule has 2 aromatic carbocycles. The van der Waals surface area contributed by atoms with Crippen LogP contribution in [-0.2, 0) is 21.9 Å². The first-order valence-corrected chi connectivity index (χ1v) is 12.4. The van der Waals surface area contributed by atoms with Crippen LogP contribution in [-0.4, -0.2) is 35.1 Å². The average Bonchev–Trinajstić information content (AvgIpc) is 2.75. The molecular formula is C25H32ClFN2O2S. The zero-order valence-electron chi connectivity index (χ0n) is 19.2. The third kappa shape index (κ3) is 7.82. The maximum atomic E-state index is 14.0. The van der Waals surface area contributed by atoms with Crippen molar-refractivity contribution in [3.8, 4) is 0 Å². The maximum absolute atomic E-state index is 14.0. The lowest BCUT2D eigenvalue weighted by atomic mass is 10.1. The molecule has 0 aliphatic rings. The van der Waals surface area contributed by atoms with Crippen molar-refractivity contribution in [2.45, 2.75) is 52.5 Å². The fourth-order valence-corrected chi connectivity index (χ4v) is 4.47. The standard InChI is InChI=1S/C25H32ClFN2O2S/c1-5-23(25(31)28-13-17(2)3)29(14-19-11-9-18(4)10-12-19)24(30)16-32-15-20-21(26)7-6-8-22(20)27/h6-12,17,23H,5,13-16H2,1-4H3,(H,28,31). The van der Waals surface area contributed by atoms with Gasteiger partial charge in [-0.05, 0) is 37.0 Å². The Morgan fingerprint density at radius 2 is 1.84 bits per heavy atom. The molecule has 0 heterocycles. The summed E-state index contributed by atoms with van der Waals surface area (Å²) in [6, 6.07) is 11.9. The van der Waals surface area contributed by atoms with Crippen LogP contribution in [0.1, 0.15) is 43.9 Å². The quantitative estimate of drug-likeness (QED) is 0.457. The number of nitrogens with zero attached hydrogens (tertiary/aromatic N) is 1. The molecule has 0 aromatic heterocycles. The lowest BCUT2D eigenvalue weighted by Gasteiger charge is -2.31. The van der Waals surface area contributed by atoms with Gasteiger partial charge in [0.1, 0.15) is 11.9 Å². The summed E-state index contributed by atoms with van der Waals surface area (Å²) in [4.78, 5) is 27.7. The number of nitrogens with one attached hydrogen (secondary N) is 1. The molecule has 2 aromatic rings. The van der Waals surface area contributed by atoms with Crippen LogP contribution in [0.25, 0.3) is 0 Å². The highest BCUT2D eigenvalue weighted by Crippen LogP contribution is 2.24. The minimum absolute atomic E-state index is 0.129. The molecule has 7 heteroatoms. The third-order valence-corrected chi connectivity index (χ3v) is 6.38. The summed E-state index contributed by atoms with van der Waals surface area (Å²) >= 11 is 7.40. The maximum Gasteiger partial charge on any atom is 0.242 e. The molecule has 2 amide bonds. The molecule has 174 valence electrons. The second-order valence-corrected chi connectivity index (χ2v) is 9.66. The molecule has 32 heavy (non-hydrogen) atoms. The Bertz CT molecular complexity index is 885. The van der Waals surface area contributed by atoms with Crippen molar-refractivity contribution in [3.05, 3.63) is 70.0 Å². The van der Waals surface area contributed by atoms with E-state index in [4.69, 9.17) is 11.6 Å². The van der Waals surface area contributed by atoms with E-state index in [1.165, 1.54) is 17.8 Å². The Hall–Kier alpha value is -2.05. The Kier molecular flexibility index (Phi) is 10.5. The summed E-state index contributed by atoms with van der Waals surface area (Å²) in [5.41, 5.74) is 2.48. The number of carbonyl (C=O) groups is 2. The van der Waals surface area contributed by atoms with E-state index in [9.17, 15) is 14.0 Å². The number of hydrogen-bond donors (Lipinski definition) is 1. The summed E-state index contributed by atoms with van der Waals surface area (Å²) < 4.78 is 14.0. The molecule has 1 N–H and O–H groups in total. The Labute approximate surface area is 199 Å². The molecule has 4 nitrogen and oxygen atoms in total. The van der Waals surface area contributed by atoms with Crippen molar-refractivity contribution in [2.24, 2.45) is 5.92 Å². The molecule has 2 rings (SSSR count). The number of halogens is 2. The van der Waals surface area contributed by atoms with Gasteiger partial charge in [-0.25, -0.2) is 4.39 Å². The third-order valence-electron chi connectivity index (χ3n) is 5.08. The zero-order chi connectivity index (χ0) is 23.7. The first-order valence-electron chi connectivity index (χ1n) is 10.9. The number of benzene rings is 2. The average molecular weight is 479 g/mol. The normalized spacial score (nSPS) is 12.0. The number of rotatable bonds is 11. The molecule has 1 atom stereocenters. The van der Waals surface area contributed by atoms with E-state index in [2.05, 4.69) is 5.32 Å². The fourth-order valence-electron chi connectivity index (χ4n) is 3.23. The molecule has 0 saturated carbocycles. The van der Waals surface area contributed by atoms with Crippen LogP contribution in [0, 0.1) is 18.7 Å². The van der Waals surface area contributed by atoms with Crippen LogP contribution in [0.15, 0.2) is 42.5 Å². The number of hydrogen-bond acceptors (Lipinski definition) is 3. The minimum Gasteiger partial charge on any atom is -0.354 e. The van der Waals surface area contributed by atoms with E-state index in [1.54, 1.807) is 17.0 Å². The molecule has 0 aliphatic heterocycles. The van der Waals surface area contributed by atoms with Crippen LogP contribution in [0.5, 0.6) is 0 Å². The number of aryl methyl sites for hydroxylation is 1. The van der Waals surface area contributed by atoms with Gasteiger partial charge in [0.05, 0.1) is 5.75 Å². The summed E-state index contributed by atoms with van der Waals surface area (Å²) in [5, 5.41) is 3.30. The van der Waals surface area contributed by atoms with E-state index >= 15 is 0 Å². The molecule has 0 aliphatic carbocycles. The number of amides is 2. The SMILES string of the molecule is CCC(C(=O)NCC(C)C)N(Cc1ccc(C)cc1)C(=O)CSCc1c(F)cccc1Cl. The highest BCUT2D eigenvalue weighted by atomic mass is 35.5. The van der Waals surface area contributed by atoms with Crippen molar-refractivity contribution in [2.75, 3.05) is 12.3 Å². The van der Waals surface area contributed by atoms with Gasteiger partial charge in [0.2, 0.25) is 11.8 Å². The van der Waals surface area contributed by atoms with Gasteiger partial charge in [0, 0.05) is 29.4 Å². The summed E-state index contributed by atoms with van der Waals surface area (Å²) in [6.45, 7) is 8.87. The second kappa shape index (κ2) is 12.9. The highest BCUT2D eigenvalue weighted by molar-refractivity contribution is 7.99. The van der Waals surface area contributed by atoms with Crippen molar-refractivity contribution in [1.29, 1.82) is 0 Å². The van der Waals surface area contributed by atoms with Gasteiger partial charge in [0.25, 0.3) is 0 Å². The first-order chi connectivity index (χ1) is 15.2. The molecule has 0 spiro atoms. The van der Waals surface area contributed by atoms with Crippen LogP contribution >= 0.6 is 23.4 Å². The number of thioether (sulfide) groups is 1. The van der Waals surface area contributed by atoms with Crippen molar-refractivity contribution in [1.82, 2.24) is 10.2 Å². The predicted molar refractivity (Wildman–Crippen MR) is 131 cm³/mol. The lowest BCUT2D eigenvalue weighted by molar-refractivity contribution is -0.139. The van der Waals surface area contributed by atoms with E-state index in [1.807, 2.05) is 52.0 Å². The van der Waals surface area contributed by atoms with Gasteiger partial charge in [-0.2, -0.15) is 0 Å². The van der Waals surface area contributed by atoms with Crippen molar-refractivity contribution in [3.63, 3.8) is 0 Å². The topological polar surface area (TPSA) is 49.4 Å². The first kappa shape index (κ1) is 26.2. The lowest BCUT2D eigenvalue weighted by Crippen LogP contribution is -2.50. The van der Waals surface area contributed by atoms with Crippen LogP contribution in [0.3, 0.4) is 0 Å². The van der Waals surface area contributed by atoms with E-state index in [0.29, 0.717) is 36.0 Å². The molecule has 0 radical (unpaired) electrons. The summed E-state index contributed by atoms with van der Waals surface area (Å²) in [7, 11) is 0. The van der Waals surface area contributed by atoms with Gasteiger partial charge >= 0.3 is 0 Å². The molecule has 1 unspecified atom stereocenters. The Morgan fingerprint density at radius 1 is 1.16 bits per heavy atom. The van der Waals surface area contributed by atoms with E-state index in [0.717, 1.165) is 11.1 Å². The number of carbonyl (C=O) groups excluding carboxylic acids is 2. The van der Waals surface area contributed by atoms with E-state index < -0.39 is 6.04 Å². The van der Waals surface area contributed by atoms with Gasteiger partial charge < -0.3 is 10.2 Å². The van der Waals surface area contributed by atoms with E-state index in [-0.39, 0.29) is 29.1 Å². The predicted octanol–water partition coefficient (Wildman–Crippen LogP) is 5.60. The summed E-state index contributed by atoms with van der Waals surface area (Å²) in [6.07, 6.45) is 0.505. The van der Waals surface area contributed by atoms with Crippen molar-refractivity contribution < 1.29 is 14.0 Å². The zero-order valence-corrected chi connectivity index (χ0v) is 20.7. The fraction of sp³-hybridized carbons (Fsp3) is 0.440. The van der Waals surface area contributed by atoms with Gasteiger partial charge in [-0.3, -0.25) is 9.59 Å². The largest absolute Gasteiger partial charge is 0.354 e. The second-order valence-electron chi connectivity index (χ2n) is 8.26. The Balaban J connectivity index is 2.15. The molecule has 0 saturated heterocycles. The molecule has 0 fully saturated rings. The Morgan fingerprint density at radius 3 is 2.44 bits per heavy atom. The molecular weight excluding hydrogens is 447 g/mol. The summed E-state index contributed by atoms with van der Waals surface area (Å²) in [5.74, 6) is 0.0433. The minimum atomic E-state index is -0.569. The smallest absolute Gasteiger partial charge is 0.242 e. The molecule has 0 bridgehead atoms. The van der Waals surface area contributed by atoms with Crippen LogP contribution in [0.2, 0.25) is 5.02 Å².